The molecule has 0 spiro atoms. The van der Waals surface area contributed by atoms with Crippen LogP contribution in [0.1, 0.15) is 43.4 Å². The normalized spacial score (nSPS) is 18.6. The van der Waals surface area contributed by atoms with Gasteiger partial charge in [-0.25, -0.2) is 0 Å². The minimum Gasteiger partial charge on any atom is -0.508 e. The monoisotopic (exact) mass is 249 g/mol. The smallest absolute Gasteiger partial charge is 0.120 e. The van der Waals surface area contributed by atoms with Gasteiger partial charge in [-0.3, -0.25) is 0 Å². The molecule has 0 aromatic heterocycles. The molecule has 2 rings (SSSR count). The number of hydrogen-bond donors (Lipinski definition) is 3. The molecule has 0 saturated heterocycles. The van der Waals surface area contributed by atoms with E-state index >= 15 is 0 Å². The Kier molecular flexibility index (Phi) is 3.93. The Balaban J connectivity index is 1.95. The highest BCUT2D eigenvalue weighted by Crippen LogP contribution is 2.48. The number of aromatic hydroxyl groups is 1. The highest BCUT2D eigenvalue weighted by Gasteiger charge is 2.41. The van der Waals surface area contributed by atoms with Crippen LogP contribution in [-0.2, 0) is 0 Å². The Morgan fingerprint density at radius 3 is 2.72 bits per heavy atom. The first-order valence-electron chi connectivity index (χ1n) is 6.70. The molecule has 1 fully saturated rings. The number of phenols is 1. The lowest BCUT2D eigenvalue weighted by Crippen LogP contribution is -2.27. The second-order valence-electron chi connectivity index (χ2n) is 5.64. The van der Waals surface area contributed by atoms with Gasteiger partial charge in [0.05, 0.1) is 0 Å². The van der Waals surface area contributed by atoms with E-state index in [0.717, 1.165) is 24.1 Å². The molecular weight excluding hydrogens is 226 g/mol. The SMILES string of the molecule is Cc1ccc(O)c(C(C)NCC2(CCO)CC2)c1. The van der Waals surface area contributed by atoms with Crippen LogP contribution < -0.4 is 5.32 Å². The highest BCUT2D eigenvalue weighted by atomic mass is 16.3. The molecule has 1 aromatic carbocycles. The number of benzene rings is 1. The lowest BCUT2D eigenvalue weighted by atomic mass is 10.0. The summed E-state index contributed by atoms with van der Waals surface area (Å²) >= 11 is 0. The first-order chi connectivity index (χ1) is 8.56. The zero-order valence-corrected chi connectivity index (χ0v) is 11.2. The first kappa shape index (κ1) is 13.4. The molecule has 100 valence electrons. The van der Waals surface area contributed by atoms with Gasteiger partial charge in [-0.2, -0.15) is 0 Å². The number of rotatable bonds is 6. The molecule has 1 atom stereocenters. The van der Waals surface area contributed by atoms with Crippen LogP contribution in [-0.4, -0.2) is 23.4 Å². The van der Waals surface area contributed by atoms with E-state index in [1.54, 1.807) is 6.07 Å². The van der Waals surface area contributed by atoms with Gasteiger partial charge < -0.3 is 15.5 Å². The molecule has 3 nitrogen and oxygen atoms in total. The Morgan fingerprint density at radius 1 is 1.39 bits per heavy atom. The van der Waals surface area contributed by atoms with Crippen LogP contribution in [0, 0.1) is 12.3 Å². The second kappa shape index (κ2) is 5.29. The van der Waals surface area contributed by atoms with E-state index < -0.39 is 0 Å². The van der Waals surface area contributed by atoms with Crippen molar-refractivity contribution in [2.24, 2.45) is 5.41 Å². The van der Waals surface area contributed by atoms with Gasteiger partial charge in [-0.1, -0.05) is 17.7 Å². The van der Waals surface area contributed by atoms with Crippen LogP contribution in [0.3, 0.4) is 0 Å². The number of aliphatic hydroxyl groups is 1. The van der Waals surface area contributed by atoms with Gasteiger partial charge in [0.2, 0.25) is 0 Å². The third kappa shape index (κ3) is 3.03. The first-order valence-corrected chi connectivity index (χ1v) is 6.70. The number of phenolic OH excluding ortho intramolecular Hbond substituents is 1. The van der Waals surface area contributed by atoms with Crippen LogP contribution in [0.4, 0.5) is 0 Å². The molecule has 0 bridgehead atoms. The van der Waals surface area contributed by atoms with Crippen LogP contribution in [0.25, 0.3) is 0 Å². The Hall–Kier alpha value is -1.06. The molecule has 1 unspecified atom stereocenters. The van der Waals surface area contributed by atoms with E-state index in [4.69, 9.17) is 5.11 Å². The van der Waals surface area contributed by atoms with Crippen molar-refractivity contribution in [2.75, 3.05) is 13.2 Å². The zero-order valence-electron chi connectivity index (χ0n) is 11.2. The third-order valence-corrected chi connectivity index (χ3v) is 4.03. The number of nitrogens with one attached hydrogen (secondary N) is 1. The van der Waals surface area contributed by atoms with Gasteiger partial charge in [-0.15, -0.1) is 0 Å². The van der Waals surface area contributed by atoms with E-state index in [9.17, 15) is 5.11 Å². The average Bonchev–Trinajstić information content (AvgIpc) is 3.10. The maximum atomic E-state index is 9.87. The fourth-order valence-electron chi connectivity index (χ4n) is 2.43. The summed E-state index contributed by atoms with van der Waals surface area (Å²) in [6.07, 6.45) is 3.28. The molecule has 3 heteroatoms. The summed E-state index contributed by atoms with van der Waals surface area (Å²) in [6.45, 7) is 5.29. The number of hydrogen-bond acceptors (Lipinski definition) is 3. The summed E-state index contributed by atoms with van der Waals surface area (Å²) in [5.74, 6) is 0.354. The van der Waals surface area contributed by atoms with Crippen molar-refractivity contribution in [1.82, 2.24) is 5.32 Å². The summed E-state index contributed by atoms with van der Waals surface area (Å²) in [5.41, 5.74) is 2.42. The predicted molar refractivity (Wildman–Crippen MR) is 72.6 cm³/mol. The van der Waals surface area contributed by atoms with Crippen molar-refractivity contribution >= 4 is 0 Å². The number of aliphatic hydroxyl groups excluding tert-OH is 1. The van der Waals surface area contributed by atoms with E-state index in [1.165, 1.54) is 12.8 Å². The molecule has 3 N–H and O–H groups in total. The second-order valence-corrected chi connectivity index (χ2v) is 5.64. The molecule has 1 saturated carbocycles. The summed E-state index contributed by atoms with van der Waals surface area (Å²) < 4.78 is 0. The lowest BCUT2D eigenvalue weighted by Gasteiger charge is -2.20. The molecular formula is C15H23NO2. The molecule has 0 radical (unpaired) electrons. The fourth-order valence-corrected chi connectivity index (χ4v) is 2.43. The van der Waals surface area contributed by atoms with Crippen molar-refractivity contribution in [1.29, 1.82) is 0 Å². The van der Waals surface area contributed by atoms with Gasteiger partial charge in [0, 0.05) is 24.8 Å². The molecule has 0 aliphatic heterocycles. The van der Waals surface area contributed by atoms with E-state index in [1.807, 2.05) is 19.1 Å². The quantitative estimate of drug-likeness (QED) is 0.726. The Labute approximate surface area is 109 Å². The molecule has 18 heavy (non-hydrogen) atoms. The summed E-state index contributed by atoms with van der Waals surface area (Å²) in [5, 5.41) is 22.4. The summed E-state index contributed by atoms with van der Waals surface area (Å²) in [7, 11) is 0. The summed E-state index contributed by atoms with van der Waals surface area (Å²) in [6, 6.07) is 5.84. The molecule has 0 heterocycles. The van der Waals surface area contributed by atoms with Gasteiger partial charge >= 0.3 is 0 Å². The maximum Gasteiger partial charge on any atom is 0.120 e. The standard InChI is InChI=1S/C15H23NO2/c1-11-3-4-14(18)13(9-11)12(2)16-10-15(5-6-15)7-8-17/h3-4,9,12,16-18H,5-8,10H2,1-2H3. The van der Waals surface area contributed by atoms with E-state index in [-0.39, 0.29) is 12.6 Å². The minimum absolute atomic E-state index is 0.140. The van der Waals surface area contributed by atoms with Crippen LogP contribution in [0.15, 0.2) is 18.2 Å². The van der Waals surface area contributed by atoms with E-state index in [0.29, 0.717) is 11.2 Å². The zero-order chi connectivity index (χ0) is 13.2. The highest BCUT2D eigenvalue weighted by molar-refractivity contribution is 5.37. The van der Waals surface area contributed by atoms with Crippen LogP contribution in [0.5, 0.6) is 5.75 Å². The summed E-state index contributed by atoms with van der Waals surface area (Å²) in [4.78, 5) is 0. The Morgan fingerprint density at radius 2 is 2.11 bits per heavy atom. The van der Waals surface area contributed by atoms with Gasteiger partial charge in [0.1, 0.15) is 5.75 Å². The Bertz CT molecular complexity index is 413. The molecule has 0 amide bonds. The molecule has 1 aliphatic rings. The van der Waals surface area contributed by atoms with Crippen molar-refractivity contribution in [3.05, 3.63) is 29.3 Å². The maximum absolute atomic E-state index is 9.87. The van der Waals surface area contributed by atoms with Crippen molar-refractivity contribution in [3.63, 3.8) is 0 Å². The van der Waals surface area contributed by atoms with Crippen LogP contribution in [0.2, 0.25) is 0 Å². The molecule has 1 aliphatic carbocycles. The molecule has 1 aromatic rings. The number of aryl methyl sites for hydroxylation is 1. The van der Waals surface area contributed by atoms with Gasteiger partial charge in [-0.05, 0) is 44.6 Å². The van der Waals surface area contributed by atoms with Crippen molar-refractivity contribution in [3.8, 4) is 5.75 Å². The third-order valence-electron chi connectivity index (χ3n) is 4.03. The fraction of sp³-hybridized carbons (Fsp3) is 0.600. The topological polar surface area (TPSA) is 52.5 Å². The predicted octanol–water partition coefficient (Wildman–Crippen LogP) is 2.51. The van der Waals surface area contributed by atoms with Gasteiger partial charge in [0.15, 0.2) is 0 Å². The van der Waals surface area contributed by atoms with Crippen molar-refractivity contribution in [2.45, 2.75) is 39.2 Å². The average molecular weight is 249 g/mol. The lowest BCUT2D eigenvalue weighted by molar-refractivity contribution is 0.242. The van der Waals surface area contributed by atoms with Crippen molar-refractivity contribution < 1.29 is 10.2 Å². The van der Waals surface area contributed by atoms with Crippen LogP contribution >= 0.6 is 0 Å². The van der Waals surface area contributed by atoms with E-state index in [2.05, 4.69) is 12.2 Å². The minimum atomic E-state index is 0.140. The largest absolute Gasteiger partial charge is 0.508 e. The van der Waals surface area contributed by atoms with Gasteiger partial charge in [0.25, 0.3) is 0 Å².